The summed E-state index contributed by atoms with van der Waals surface area (Å²) in [5.41, 5.74) is 4.27. The lowest BCUT2D eigenvalue weighted by Gasteiger charge is -2.06. The molecule has 0 saturated carbocycles. The SMILES string of the molecule is CC(O)C(=O)NCc1cc2cc(Cl)c(OCc3cscn3)cc2[nH]1. The first-order chi connectivity index (χ1) is 11.5. The fourth-order valence-corrected chi connectivity index (χ4v) is 2.96. The number of aromatic amines is 1. The lowest BCUT2D eigenvalue weighted by molar-refractivity contribution is -0.128. The van der Waals surface area contributed by atoms with Crippen LogP contribution < -0.4 is 10.1 Å². The van der Waals surface area contributed by atoms with E-state index in [1.165, 1.54) is 18.3 Å². The van der Waals surface area contributed by atoms with Crippen LogP contribution in [0.25, 0.3) is 10.9 Å². The molecule has 0 radical (unpaired) electrons. The predicted octanol–water partition coefficient (Wildman–Crippen LogP) is 2.85. The summed E-state index contributed by atoms with van der Waals surface area (Å²) in [4.78, 5) is 18.8. The van der Waals surface area contributed by atoms with Crippen molar-refractivity contribution in [3.05, 3.63) is 45.5 Å². The summed E-state index contributed by atoms with van der Waals surface area (Å²) in [6, 6.07) is 5.53. The van der Waals surface area contributed by atoms with Crippen LogP contribution >= 0.6 is 22.9 Å². The number of nitrogens with one attached hydrogen (secondary N) is 2. The highest BCUT2D eigenvalue weighted by atomic mass is 35.5. The number of halogens is 1. The van der Waals surface area contributed by atoms with Crippen molar-refractivity contribution in [3.8, 4) is 5.75 Å². The van der Waals surface area contributed by atoms with Gasteiger partial charge in [-0.1, -0.05) is 11.6 Å². The van der Waals surface area contributed by atoms with E-state index in [1.807, 2.05) is 23.6 Å². The molecule has 24 heavy (non-hydrogen) atoms. The normalized spacial score (nSPS) is 12.3. The zero-order valence-corrected chi connectivity index (χ0v) is 14.4. The van der Waals surface area contributed by atoms with Gasteiger partial charge in [0.05, 0.1) is 22.8 Å². The van der Waals surface area contributed by atoms with Crippen LogP contribution in [0.2, 0.25) is 5.02 Å². The van der Waals surface area contributed by atoms with Crippen LogP contribution in [0.15, 0.2) is 29.1 Å². The second-order valence-electron chi connectivity index (χ2n) is 5.33. The van der Waals surface area contributed by atoms with Gasteiger partial charge in [0.2, 0.25) is 5.91 Å². The standard InChI is InChI=1S/C16H16ClN3O3S/c1-9(21)16(22)18-5-11-2-10-3-13(17)15(4-14(10)20-11)23-6-12-7-24-8-19-12/h2-4,7-9,20-21H,5-6H2,1H3,(H,18,22). The van der Waals surface area contributed by atoms with Crippen molar-refractivity contribution in [1.29, 1.82) is 0 Å². The summed E-state index contributed by atoms with van der Waals surface area (Å²) in [6.07, 6.45) is -1.03. The molecule has 2 aromatic heterocycles. The van der Waals surface area contributed by atoms with E-state index in [2.05, 4.69) is 15.3 Å². The molecule has 1 amide bonds. The van der Waals surface area contributed by atoms with Crippen LogP contribution in [0, 0.1) is 0 Å². The molecule has 0 bridgehead atoms. The number of amides is 1. The average Bonchev–Trinajstić information content (AvgIpc) is 3.19. The number of rotatable bonds is 6. The fourth-order valence-electron chi connectivity index (χ4n) is 2.19. The van der Waals surface area contributed by atoms with Gasteiger partial charge in [0.25, 0.3) is 0 Å². The van der Waals surface area contributed by atoms with Crippen molar-refractivity contribution in [2.75, 3.05) is 0 Å². The van der Waals surface area contributed by atoms with Crippen LogP contribution in [0.1, 0.15) is 18.3 Å². The highest BCUT2D eigenvalue weighted by Gasteiger charge is 2.11. The topological polar surface area (TPSA) is 87.2 Å². The van der Waals surface area contributed by atoms with Gasteiger partial charge < -0.3 is 20.1 Å². The number of carbonyl (C=O) groups excluding carboxylic acids is 1. The number of H-pyrrole nitrogens is 1. The third kappa shape index (κ3) is 3.87. The van der Waals surface area contributed by atoms with Crippen LogP contribution in [-0.2, 0) is 17.9 Å². The van der Waals surface area contributed by atoms with Gasteiger partial charge in [-0.15, -0.1) is 11.3 Å². The van der Waals surface area contributed by atoms with E-state index in [0.717, 1.165) is 22.3 Å². The molecule has 6 nitrogen and oxygen atoms in total. The molecule has 8 heteroatoms. The smallest absolute Gasteiger partial charge is 0.248 e. The third-order valence-electron chi connectivity index (χ3n) is 3.42. The molecule has 3 N–H and O–H groups in total. The first kappa shape index (κ1) is 16.8. The number of benzene rings is 1. The van der Waals surface area contributed by atoms with Crippen molar-refractivity contribution in [3.63, 3.8) is 0 Å². The predicted molar refractivity (Wildman–Crippen MR) is 93.3 cm³/mol. The molecule has 0 spiro atoms. The molecule has 2 heterocycles. The average molecular weight is 366 g/mol. The van der Waals surface area contributed by atoms with E-state index in [0.29, 0.717) is 23.9 Å². The largest absolute Gasteiger partial charge is 0.486 e. The molecule has 1 aromatic carbocycles. The monoisotopic (exact) mass is 365 g/mol. The van der Waals surface area contributed by atoms with E-state index >= 15 is 0 Å². The molecule has 0 fully saturated rings. The molecule has 126 valence electrons. The second-order valence-corrected chi connectivity index (χ2v) is 6.45. The first-order valence-electron chi connectivity index (χ1n) is 7.29. The maximum absolute atomic E-state index is 11.4. The molecule has 1 atom stereocenters. The Morgan fingerprint density at radius 1 is 1.50 bits per heavy atom. The van der Waals surface area contributed by atoms with E-state index in [9.17, 15) is 9.90 Å². The first-order valence-corrected chi connectivity index (χ1v) is 8.62. The number of fused-ring (bicyclic) bond motifs is 1. The summed E-state index contributed by atoms with van der Waals surface area (Å²) < 4.78 is 5.72. The Balaban J connectivity index is 1.73. The minimum Gasteiger partial charge on any atom is -0.486 e. The van der Waals surface area contributed by atoms with Crippen LogP contribution in [-0.4, -0.2) is 27.1 Å². The molecular formula is C16H16ClN3O3S. The number of carbonyl (C=O) groups is 1. The number of nitrogens with zero attached hydrogens (tertiary/aromatic N) is 1. The van der Waals surface area contributed by atoms with Gasteiger partial charge in [0.15, 0.2) is 0 Å². The van der Waals surface area contributed by atoms with Gasteiger partial charge >= 0.3 is 0 Å². The quantitative estimate of drug-likeness (QED) is 0.626. The summed E-state index contributed by atoms with van der Waals surface area (Å²) in [7, 11) is 0. The van der Waals surface area contributed by atoms with Crippen LogP contribution in [0.5, 0.6) is 5.75 Å². The summed E-state index contributed by atoms with van der Waals surface area (Å²) >= 11 is 7.77. The maximum Gasteiger partial charge on any atom is 0.248 e. The number of hydrogen-bond acceptors (Lipinski definition) is 5. The van der Waals surface area contributed by atoms with Gasteiger partial charge in [-0.3, -0.25) is 4.79 Å². The molecule has 3 rings (SSSR count). The number of ether oxygens (including phenoxy) is 1. The minimum atomic E-state index is -1.03. The highest BCUT2D eigenvalue weighted by Crippen LogP contribution is 2.31. The van der Waals surface area contributed by atoms with Crippen LogP contribution in [0.4, 0.5) is 0 Å². The van der Waals surface area contributed by atoms with Gasteiger partial charge in [-0.05, 0) is 19.1 Å². The van der Waals surface area contributed by atoms with Crippen molar-refractivity contribution in [2.24, 2.45) is 0 Å². The van der Waals surface area contributed by atoms with Gasteiger partial charge in [0, 0.05) is 28.0 Å². The minimum absolute atomic E-state index is 0.297. The lowest BCUT2D eigenvalue weighted by atomic mass is 10.2. The number of hydrogen-bond donors (Lipinski definition) is 3. The van der Waals surface area contributed by atoms with Gasteiger partial charge in [-0.2, -0.15) is 0 Å². The Kier molecular flexibility index (Phi) is 5.03. The Labute approximate surface area is 147 Å². The summed E-state index contributed by atoms with van der Waals surface area (Å²) in [6.45, 7) is 2.07. The van der Waals surface area contributed by atoms with Gasteiger partial charge in [-0.25, -0.2) is 4.98 Å². The highest BCUT2D eigenvalue weighted by molar-refractivity contribution is 7.07. The van der Waals surface area contributed by atoms with Crippen molar-refractivity contribution >= 4 is 39.7 Å². The molecule has 0 saturated heterocycles. The molecule has 0 aliphatic carbocycles. The Morgan fingerprint density at radius 2 is 2.33 bits per heavy atom. The number of aromatic nitrogens is 2. The molecule has 0 aliphatic heterocycles. The van der Waals surface area contributed by atoms with E-state index in [1.54, 1.807) is 5.51 Å². The second kappa shape index (κ2) is 7.21. The molecule has 0 aliphatic rings. The third-order valence-corrected chi connectivity index (χ3v) is 4.35. The van der Waals surface area contributed by atoms with E-state index in [-0.39, 0.29) is 0 Å². The van der Waals surface area contributed by atoms with Crippen LogP contribution in [0.3, 0.4) is 0 Å². The van der Waals surface area contributed by atoms with E-state index in [4.69, 9.17) is 16.3 Å². The van der Waals surface area contributed by atoms with E-state index < -0.39 is 12.0 Å². The number of aliphatic hydroxyl groups excluding tert-OH is 1. The lowest BCUT2D eigenvalue weighted by Crippen LogP contribution is -2.32. The molecule has 1 unspecified atom stereocenters. The molecule has 3 aromatic rings. The van der Waals surface area contributed by atoms with Gasteiger partial charge in [0.1, 0.15) is 18.5 Å². The Bertz CT molecular complexity index is 846. The van der Waals surface area contributed by atoms with Crippen molar-refractivity contribution in [2.45, 2.75) is 26.2 Å². The zero-order valence-electron chi connectivity index (χ0n) is 12.9. The zero-order chi connectivity index (χ0) is 17.1. The Hall–Kier alpha value is -2.09. The Morgan fingerprint density at radius 3 is 3.04 bits per heavy atom. The summed E-state index contributed by atoms with van der Waals surface area (Å²) in [5.74, 6) is 0.151. The fraction of sp³-hybridized carbons (Fsp3) is 0.250. The molecular weight excluding hydrogens is 350 g/mol. The number of thiazole rings is 1. The number of aliphatic hydroxyl groups is 1. The van der Waals surface area contributed by atoms with Crippen molar-refractivity contribution in [1.82, 2.24) is 15.3 Å². The van der Waals surface area contributed by atoms with Crippen molar-refractivity contribution < 1.29 is 14.6 Å². The summed E-state index contributed by atoms with van der Waals surface area (Å²) in [5, 5.41) is 15.2. The maximum atomic E-state index is 11.4.